The average molecular weight is 202 g/mol. The quantitative estimate of drug-likeness (QED) is 0.609. The average Bonchev–Trinajstić information content (AvgIpc) is 2.29. The Hall–Kier alpha value is -1.24. The minimum atomic E-state index is 0.763. The van der Waals surface area contributed by atoms with Crippen molar-refractivity contribution in [2.75, 3.05) is 6.61 Å². The van der Waals surface area contributed by atoms with Crippen molar-refractivity contribution in [1.29, 1.82) is 0 Å². The van der Waals surface area contributed by atoms with Crippen molar-refractivity contribution in [2.24, 2.45) is 0 Å². The van der Waals surface area contributed by atoms with Crippen LogP contribution in [0.25, 0.3) is 6.08 Å². The molecule has 0 aromatic heterocycles. The number of rotatable bonds is 7. The van der Waals surface area contributed by atoms with Gasteiger partial charge in [0, 0.05) is 5.56 Å². The monoisotopic (exact) mass is 202 g/mol. The maximum absolute atomic E-state index is 5.63. The van der Waals surface area contributed by atoms with Crippen LogP contribution in [0.1, 0.15) is 38.2 Å². The molecule has 0 N–H and O–H groups in total. The van der Waals surface area contributed by atoms with Gasteiger partial charge in [0.15, 0.2) is 0 Å². The van der Waals surface area contributed by atoms with E-state index in [0.29, 0.717) is 0 Å². The van der Waals surface area contributed by atoms with Gasteiger partial charge in [-0.15, -0.1) is 0 Å². The van der Waals surface area contributed by atoms with Gasteiger partial charge >= 0.3 is 0 Å². The summed E-state index contributed by atoms with van der Waals surface area (Å²) < 4.78 is 5.63. The van der Waals surface area contributed by atoms with Crippen molar-refractivity contribution >= 4 is 6.08 Å². The maximum atomic E-state index is 5.63. The highest BCUT2D eigenvalue weighted by atomic mass is 16.5. The fourth-order valence-corrected chi connectivity index (χ4v) is 1.40. The largest absolute Gasteiger partial charge is 0.493 e. The summed E-state index contributed by atoms with van der Waals surface area (Å²) in [4.78, 5) is 0. The van der Waals surface area contributed by atoms with Gasteiger partial charge in [0.05, 0.1) is 6.61 Å². The lowest BCUT2D eigenvalue weighted by Crippen LogP contribution is -1.98. The Morgan fingerprint density at radius 2 is 2.27 bits per heavy atom. The molecule has 0 saturated heterocycles. The molecule has 15 heavy (non-hydrogen) atoms. The van der Waals surface area contributed by atoms with Crippen LogP contribution in [-0.4, -0.2) is 6.61 Å². The summed E-state index contributed by atoms with van der Waals surface area (Å²) >= 11 is 0. The van der Waals surface area contributed by atoms with Gasteiger partial charge in [-0.2, -0.15) is 0 Å². The lowest BCUT2D eigenvalue weighted by atomic mass is 10.2. The first-order valence-electron chi connectivity index (χ1n) is 5.56. The highest BCUT2D eigenvalue weighted by Gasteiger charge is 1.98. The van der Waals surface area contributed by atoms with Crippen LogP contribution < -0.4 is 4.74 Å². The van der Waals surface area contributed by atoms with E-state index in [1.54, 1.807) is 6.08 Å². The van der Waals surface area contributed by atoms with Gasteiger partial charge in [-0.05, 0) is 18.6 Å². The van der Waals surface area contributed by atoms with Crippen molar-refractivity contribution in [3.63, 3.8) is 0 Å². The van der Waals surface area contributed by atoms with Crippen LogP contribution in [0.5, 0.6) is 5.75 Å². The van der Waals surface area contributed by atoms with Crippen LogP contribution in [-0.2, 0) is 0 Å². The van der Waals surface area contributed by atoms with Gasteiger partial charge in [-0.3, -0.25) is 0 Å². The van der Waals surface area contributed by atoms with Crippen LogP contribution >= 0.6 is 0 Å². The molecule has 80 valence electrons. The van der Waals surface area contributed by atoms with Crippen molar-refractivity contribution in [3.8, 4) is 5.75 Å². The SMILES string of the molecule is [CH]=Cc1cc[c]cc1OCCCCCC. The van der Waals surface area contributed by atoms with E-state index in [2.05, 4.69) is 13.0 Å². The topological polar surface area (TPSA) is 9.23 Å². The predicted molar refractivity (Wildman–Crippen MR) is 63.7 cm³/mol. The zero-order valence-electron chi connectivity index (χ0n) is 9.33. The molecule has 0 heterocycles. The summed E-state index contributed by atoms with van der Waals surface area (Å²) in [6.45, 7) is 8.45. The van der Waals surface area contributed by atoms with Crippen molar-refractivity contribution in [1.82, 2.24) is 0 Å². The molecule has 1 rings (SSSR count). The number of benzene rings is 1. The van der Waals surface area contributed by atoms with Gasteiger partial charge in [0.25, 0.3) is 0 Å². The smallest absolute Gasteiger partial charge is 0.127 e. The Balaban J connectivity index is 2.33. The Kier molecular flexibility index (Phi) is 5.60. The number of ether oxygens (including phenoxy) is 1. The van der Waals surface area contributed by atoms with Crippen LogP contribution in [0.15, 0.2) is 18.2 Å². The standard InChI is InChI=1S/C14H18O/c1-3-5-6-9-12-15-14-11-8-7-10-13(14)4-2/h2,4,7,10-11H,3,5-6,9,12H2,1H3. The molecule has 1 nitrogen and oxygen atoms in total. The van der Waals surface area contributed by atoms with E-state index < -0.39 is 0 Å². The first-order valence-corrected chi connectivity index (χ1v) is 5.56. The van der Waals surface area contributed by atoms with E-state index in [-0.39, 0.29) is 0 Å². The normalized spacial score (nSPS) is 9.93. The van der Waals surface area contributed by atoms with Crippen LogP contribution in [0.4, 0.5) is 0 Å². The molecule has 2 radical (unpaired) electrons. The molecule has 0 bridgehead atoms. The minimum Gasteiger partial charge on any atom is -0.493 e. The highest BCUT2D eigenvalue weighted by Crippen LogP contribution is 2.18. The number of hydrogen-bond donors (Lipinski definition) is 0. The Bertz CT molecular complexity index is 291. The van der Waals surface area contributed by atoms with Gasteiger partial charge in [0.2, 0.25) is 0 Å². The molecule has 1 aromatic carbocycles. The molecule has 1 aromatic rings. The molecular formula is C14H18O. The zero-order valence-corrected chi connectivity index (χ0v) is 9.33. The number of unbranched alkanes of at least 4 members (excludes halogenated alkanes) is 3. The fraction of sp³-hybridized carbons (Fsp3) is 0.429. The summed E-state index contributed by atoms with van der Waals surface area (Å²) in [6, 6.07) is 8.56. The van der Waals surface area contributed by atoms with Crippen molar-refractivity contribution in [3.05, 3.63) is 36.4 Å². The lowest BCUT2D eigenvalue weighted by molar-refractivity contribution is 0.304. The third kappa shape index (κ3) is 4.20. The van der Waals surface area contributed by atoms with E-state index in [1.807, 2.05) is 18.2 Å². The fourth-order valence-electron chi connectivity index (χ4n) is 1.40. The molecule has 0 spiro atoms. The summed E-state index contributed by atoms with van der Waals surface area (Å²) in [6.07, 6.45) is 6.43. The molecule has 0 atom stereocenters. The third-order valence-electron chi connectivity index (χ3n) is 2.29. The molecule has 0 aliphatic carbocycles. The molecule has 0 amide bonds. The molecule has 0 aliphatic heterocycles. The van der Waals surface area contributed by atoms with Crippen molar-refractivity contribution < 1.29 is 4.74 Å². The molecule has 0 aliphatic rings. The predicted octanol–water partition coefficient (Wildman–Crippen LogP) is 3.89. The second-order valence-electron chi connectivity index (χ2n) is 3.54. The first kappa shape index (κ1) is 11.8. The summed E-state index contributed by atoms with van der Waals surface area (Å²) in [7, 11) is 0. The Morgan fingerprint density at radius 1 is 1.40 bits per heavy atom. The van der Waals surface area contributed by atoms with Crippen LogP contribution in [0.3, 0.4) is 0 Å². The van der Waals surface area contributed by atoms with Gasteiger partial charge < -0.3 is 4.74 Å². The van der Waals surface area contributed by atoms with Crippen molar-refractivity contribution in [2.45, 2.75) is 32.6 Å². The lowest BCUT2D eigenvalue weighted by Gasteiger charge is -2.08. The third-order valence-corrected chi connectivity index (χ3v) is 2.29. The van der Waals surface area contributed by atoms with Gasteiger partial charge in [-0.1, -0.05) is 51.0 Å². The molecule has 1 heteroatoms. The molecular weight excluding hydrogens is 184 g/mol. The van der Waals surface area contributed by atoms with E-state index in [4.69, 9.17) is 11.3 Å². The van der Waals surface area contributed by atoms with E-state index >= 15 is 0 Å². The molecule has 0 saturated carbocycles. The highest BCUT2D eigenvalue weighted by molar-refractivity contribution is 5.54. The van der Waals surface area contributed by atoms with Crippen LogP contribution in [0, 0.1) is 12.6 Å². The van der Waals surface area contributed by atoms with E-state index in [0.717, 1.165) is 24.3 Å². The summed E-state index contributed by atoms with van der Waals surface area (Å²) in [5, 5.41) is 0. The van der Waals surface area contributed by atoms with E-state index in [1.165, 1.54) is 19.3 Å². The first-order chi connectivity index (χ1) is 7.38. The van der Waals surface area contributed by atoms with Crippen LogP contribution in [0.2, 0.25) is 0 Å². The summed E-state index contributed by atoms with van der Waals surface area (Å²) in [5.74, 6) is 0.830. The Labute approximate surface area is 92.8 Å². The zero-order chi connectivity index (χ0) is 10.9. The Morgan fingerprint density at radius 3 is 3.00 bits per heavy atom. The second-order valence-corrected chi connectivity index (χ2v) is 3.54. The number of hydrogen-bond acceptors (Lipinski definition) is 1. The minimum absolute atomic E-state index is 0.763. The summed E-state index contributed by atoms with van der Waals surface area (Å²) in [5.41, 5.74) is 0.934. The molecule has 0 fully saturated rings. The maximum Gasteiger partial charge on any atom is 0.127 e. The van der Waals surface area contributed by atoms with Gasteiger partial charge in [0.1, 0.15) is 5.75 Å². The second kappa shape index (κ2) is 7.10. The van der Waals surface area contributed by atoms with E-state index in [9.17, 15) is 0 Å². The molecule has 0 unspecified atom stereocenters. The van der Waals surface area contributed by atoms with Gasteiger partial charge in [-0.25, -0.2) is 0 Å².